The predicted octanol–water partition coefficient (Wildman–Crippen LogP) is 3.08. The topological polar surface area (TPSA) is 38.7 Å². The van der Waals surface area contributed by atoms with Gasteiger partial charge in [0.05, 0.1) is 6.10 Å². The molecule has 0 amide bonds. The Bertz CT molecular complexity index is 515. The molecule has 0 aliphatic heterocycles. The van der Waals surface area contributed by atoms with Crippen molar-refractivity contribution < 1.29 is 13.9 Å². The standard InChI is InChI=1S/C14H14FNO2/c15-10-4-5-13(18-11-2-1-3-11)12(8-10)14(6-7-14)16-9-17/h4-5,8,11H,1-3,6-7H2. The van der Waals surface area contributed by atoms with Crippen molar-refractivity contribution in [2.45, 2.75) is 43.7 Å². The average Bonchev–Trinajstić information content (AvgIpc) is 3.06. The number of nitrogens with zero attached hydrogens (tertiary/aromatic N) is 1. The molecular weight excluding hydrogens is 233 g/mol. The van der Waals surface area contributed by atoms with Crippen LogP contribution in [-0.2, 0) is 10.3 Å². The third-order valence-corrected chi connectivity index (χ3v) is 3.77. The Morgan fingerprint density at radius 3 is 2.72 bits per heavy atom. The van der Waals surface area contributed by atoms with E-state index >= 15 is 0 Å². The fraction of sp³-hybridized carbons (Fsp3) is 0.500. The maximum absolute atomic E-state index is 13.4. The third-order valence-electron chi connectivity index (χ3n) is 3.77. The number of benzene rings is 1. The van der Waals surface area contributed by atoms with E-state index in [1.54, 1.807) is 12.1 Å². The SMILES string of the molecule is O=C=NC1(c2cc(F)ccc2OC2CCC2)CC1. The molecule has 2 saturated carbocycles. The molecule has 1 aromatic carbocycles. The van der Waals surface area contributed by atoms with Gasteiger partial charge in [-0.05, 0) is 50.3 Å². The van der Waals surface area contributed by atoms with Crippen LogP contribution in [-0.4, -0.2) is 12.2 Å². The molecule has 4 heteroatoms. The Labute approximate surface area is 105 Å². The summed E-state index contributed by atoms with van der Waals surface area (Å²) in [6.07, 6.45) is 6.60. The number of aliphatic imine (C=N–C) groups is 1. The van der Waals surface area contributed by atoms with Crippen LogP contribution >= 0.6 is 0 Å². The zero-order chi connectivity index (χ0) is 12.6. The van der Waals surface area contributed by atoms with Crippen molar-refractivity contribution in [1.82, 2.24) is 0 Å². The Morgan fingerprint density at radius 1 is 1.39 bits per heavy atom. The van der Waals surface area contributed by atoms with Gasteiger partial charge < -0.3 is 4.74 Å². The van der Waals surface area contributed by atoms with Crippen molar-refractivity contribution in [1.29, 1.82) is 0 Å². The number of carbonyl (C=O) groups excluding carboxylic acids is 1. The van der Waals surface area contributed by atoms with Crippen molar-refractivity contribution in [2.24, 2.45) is 4.99 Å². The minimum Gasteiger partial charge on any atom is -0.490 e. The van der Waals surface area contributed by atoms with Gasteiger partial charge in [0.2, 0.25) is 6.08 Å². The first-order valence-electron chi connectivity index (χ1n) is 6.29. The van der Waals surface area contributed by atoms with Gasteiger partial charge in [-0.2, -0.15) is 4.99 Å². The summed E-state index contributed by atoms with van der Waals surface area (Å²) in [5.41, 5.74) is 0.112. The number of halogens is 1. The van der Waals surface area contributed by atoms with Crippen LogP contribution in [0, 0.1) is 5.82 Å². The zero-order valence-electron chi connectivity index (χ0n) is 9.99. The van der Waals surface area contributed by atoms with E-state index in [0.717, 1.165) is 25.7 Å². The van der Waals surface area contributed by atoms with Gasteiger partial charge in [-0.25, -0.2) is 9.18 Å². The summed E-state index contributed by atoms with van der Waals surface area (Å²) >= 11 is 0. The number of hydrogen-bond acceptors (Lipinski definition) is 3. The monoisotopic (exact) mass is 247 g/mol. The zero-order valence-corrected chi connectivity index (χ0v) is 9.99. The highest BCUT2D eigenvalue weighted by molar-refractivity contribution is 5.47. The molecule has 0 saturated heterocycles. The molecule has 0 spiro atoms. The van der Waals surface area contributed by atoms with Crippen molar-refractivity contribution in [3.63, 3.8) is 0 Å². The smallest absolute Gasteiger partial charge is 0.235 e. The molecular formula is C14H14FNO2. The van der Waals surface area contributed by atoms with Gasteiger partial charge in [0.25, 0.3) is 0 Å². The third kappa shape index (κ3) is 1.93. The lowest BCUT2D eigenvalue weighted by molar-refractivity contribution is 0.118. The Kier molecular flexibility index (Phi) is 2.67. The summed E-state index contributed by atoms with van der Waals surface area (Å²) < 4.78 is 19.2. The number of ether oxygens (including phenoxy) is 1. The van der Waals surface area contributed by atoms with Crippen LogP contribution in [0.1, 0.15) is 37.7 Å². The van der Waals surface area contributed by atoms with Crippen molar-refractivity contribution in [2.75, 3.05) is 0 Å². The van der Waals surface area contributed by atoms with Gasteiger partial charge in [0, 0.05) is 5.56 Å². The van der Waals surface area contributed by atoms with E-state index in [4.69, 9.17) is 4.74 Å². The molecule has 18 heavy (non-hydrogen) atoms. The molecule has 0 aromatic heterocycles. The lowest BCUT2D eigenvalue weighted by Crippen LogP contribution is -2.25. The van der Waals surface area contributed by atoms with Crippen LogP contribution in [0.5, 0.6) is 5.75 Å². The van der Waals surface area contributed by atoms with Crippen LogP contribution < -0.4 is 4.74 Å². The maximum atomic E-state index is 13.4. The first kappa shape index (κ1) is 11.4. The largest absolute Gasteiger partial charge is 0.490 e. The lowest BCUT2D eigenvalue weighted by Gasteiger charge is -2.28. The molecule has 0 radical (unpaired) electrons. The molecule has 0 unspecified atom stereocenters. The maximum Gasteiger partial charge on any atom is 0.235 e. The Balaban J connectivity index is 1.95. The van der Waals surface area contributed by atoms with E-state index in [2.05, 4.69) is 4.99 Å². The highest BCUT2D eigenvalue weighted by atomic mass is 19.1. The molecule has 0 bridgehead atoms. The lowest BCUT2D eigenvalue weighted by atomic mass is 9.95. The molecule has 1 aromatic rings. The summed E-state index contributed by atoms with van der Waals surface area (Å²) in [5.74, 6) is 0.343. The van der Waals surface area contributed by atoms with Gasteiger partial charge in [0.1, 0.15) is 17.1 Å². The van der Waals surface area contributed by atoms with Crippen LogP contribution in [0.3, 0.4) is 0 Å². The predicted molar refractivity (Wildman–Crippen MR) is 63.7 cm³/mol. The molecule has 0 heterocycles. The molecule has 2 fully saturated rings. The van der Waals surface area contributed by atoms with Crippen LogP contribution in [0.4, 0.5) is 4.39 Å². The number of isocyanates is 1. The van der Waals surface area contributed by atoms with E-state index in [-0.39, 0.29) is 11.9 Å². The Hall–Kier alpha value is -1.67. The van der Waals surface area contributed by atoms with E-state index in [9.17, 15) is 9.18 Å². The molecule has 2 aliphatic rings. The highest BCUT2D eigenvalue weighted by Gasteiger charge is 2.47. The van der Waals surface area contributed by atoms with Crippen molar-refractivity contribution >= 4 is 6.08 Å². The summed E-state index contributed by atoms with van der Waals surface area (Å²) in [4.78, 5) is 14.3. The molecule has 3 nitrogen and oxygen atoms in total. The molecule has 94 valence electrons. The summed E-state index contributed by atoms with van der Waals surface area (Å²) in [6, 6.07) is 4.46. The highest BCUT2D eigenvalue weighted by Crippen LogP contribution is 2.52. The number of rotatable bonds is 4. The minimum atomic E-state index is -0.580. The van der Waals surface area contributed by atoms with Crippen LogP contribution in [0.2, 0.25) is 0 Å². The van der Waals surface area contributed by atoms with E-state index in [0.29, 0.717) is 11.3 Å². The fourth-order valence-corrected chi connectivity index (χ4v) is 2.28. The summed E-state index contributed by atoms with van der Waals surface area (Å²) in [6.45, 7) is 0. The van der Waals surface area contributed by atoms with Gasteiger partial charge in [-0.1, -0.05) is 0 Å². The first-order chi connectivity index (χ1) is 8.73. The summed E-state index contributed by atoms with van der Waals surface area (Å²) in [5, 5.41) is 0. The molecule has 3 rings (SSSR count). The van der Waals surface area contributed by atoms with E-state index in [1.165, 1.54) is 18.6 Å². The van der Waals surface area contributed by atoms with Gasteiger partial charge >= 0.3 is 0 Å². The Morgan fingerprint density at radius 2 is 2.17 bits per heavy atom. The second-order valence-corrected chi connectivity index (χ2v) is 5.05. The second kappa shape index (κ2) is 4.21. The van der Waals surface area contributed by atoms with Gasteiger partial charge in [-0.3, -0.25) is 0 Å². The van der Waals surface area contributed by atoms with Crippen LogP contribution in [0.15, 0.2) is 23.2 Å². The van der Waals surface area contributed by atoms with E-state index in [1.807, 2.05) is 0 Å². The second-order valence-electron chi connectivity index (χ2n) is 5.05. The quantitative estimate of drug-likeness (QED) is 0.605. The van der Waals surface area contributed by atoms with Gasteiger partial charge in [0.15, 0.2) is 0 Å². The average molecular weight is 247 g/mol. The number of hydrogen-bond donors (Lipinski definition) is 0. The van der Waals surface area contributed by atoms with Gasteiger partial charge in [-0.15, -0.1) is 0 Å². The normalized spacial score (nSPS) is 20.7. The van der Waals surface area contributed by atoms with E-state index < -0.39 is 5.54 Å². The van der Waals surface area contributed by atoms with Crippen molar-refractivity contribution in [3.05, 3.63) is 29.6 Å². The molecule has 0 atom stereocenters. The summed E-state index contributed by atoms with van der Waals surface area (Å²) in [7, 11) is 0. The molecule has 0 N–H and O–H groups in total. The fourth-order valence-electron chi connectivity index (χ4n) is 2.28. The van der Waals surface area contributed by atoms with Crippen molar-refractivity contribution in [3.8, 4) is 5.75 Å². The first-order valence-corrected chi connectivity index (χ1v) is 6.29. The molecule has 2 aliphatic carbocycles. The minimum absolute atomic E-state index is 0.227. The van der Waals surface area contributed by atoms with Crippen LogP contribution in [0.25, 0.3) is 0 Å².